The predicted molar refractivity (Wildman–Crippen MR) is 69.0 cm³/mol. The molecule has 0 aliphatic rings. The van der Waals surface area contributed by atoms with Crippen LogP contribution in [0.25, 0.3) is 10.8 Å². The fourth-order valence-corrected chi connectivity index (χ4v) is 1.68. The van der Waals surface area contributed by atoms with Crippen molar-refractivity contribution >= 4 is 16.7 Å². The van der Waals surface area contributed by atoms with Gasteiger partial charge in [0.1, 0.15) is 0 Å². The summed E-state index contributed by atoms with van der Waals surface area (Å²) in [6, 6.07) is 7.21. The van der Waals surface area contributed by atoms with Gasteiger partial charge in [0.2, 0.25) is 5.91 Å². The maximum absolute atomic E-state index is 11.6. The number of nitrogens with one attached hydrogen (secondary N) is 2. The van der Waals surface area contributed by atoms with Crippen molar-refractivity contribution < 1.29 is 4.79 Å². The van der Waals surface area contributed by atoms with Gasteiger partial charge in [-0.05, 0) is 6.07 Å². The van der Waals surface area contributed by atoms with Crippen molar-refractivity contribution in [3.8, 4) is 0 Å². The Morgan fingerprint density at radius 3 is 2.67 bits per heavy atom. The lowest BCUT2D eigenvalue weighted by atomic mass is 10.1. The van der Waals surface area contributed by atoms with E-state index in [4.69, 9.17) is 0 Å². The highest BCUT2D eigenvalue weighted by molar-refractivity contribution is 5.84. The highest BCUT2D eigenvalue weighted by Crippen LogP contribution is 2.11. The lowest BCUT2D eigenvalue weighted by molar-refractivity contribution is -0.124. The van der Waals surface area contributed by atoms with Crippen LogP contribution in [0.15, 0.2) is 29.1 Å². The first-order valence-electron chi connectivity index (χ1n) is 5.83. The van der Waals surface area contributed by atoms with Crippen LogP contribution in [0.4, 0.5) is 0 Å². The maximum atomic E-state index is 11.6. The van der Waals surface area contributed by atoms with Crippen LogP contribution in [-0.2, 0) is 11.3 Å². The number of carbonyl (C=O) groups excluding carboxylic acids is 1. The average Bonchev–Trinajstić information content (AvgIpc) is 2.38. The summed E-state index contributed by atoms with van der Waals surface area (Å²) in [6.07, 6.45) is 0. The molecular weight excluding hydrogens is 230 g/mol. The van der Waals surface area contributed by atoms with E-state index in [1.807, 2.05) is 26.0 Å². The Morgan fingerprint density at radius 2 is 2.00 bits per heavy atom. The molecule has 0 atom stereocenters. The average molecular weight is 245 g/mol. The van der Waals surface area contributed by atoms with Crippen molar-refractivity contribution in [2.24, 2.45) is 5.92 Å². The summed E-state index contributed by atoms with van der Waals surface area (Å²) < 4.78 is 0. The molecule has 18 heavy (non-hydrogen) atoms. The van der Waals surface area contributed by atoms with Crippen molar-refractivity contribution in [1.82, 2.24) is 15.5 Å². The predicted octanol–water partition coefficient (Wildman–Crippen LogP) is 1.20. The van der Waals surface area contributed by atoms with Crippen LogP contribution < -0.4 is 10.9 Å². The van der Waals surface area contributed by atoms with E-state index in [-0.39, 0.29) is 17.4 Å². The molecule has 0 radical (unpaired) electrons. The van der Waals surface area contributed by atoms with E-state index in [9.17, 15) is 9.59 Å². The quantitative estimate of drug-likeness (QED) is 0.853. The summed E-state index contributed by atoms with van der Waals surface area (Å²) in [5.74, 6) is -0.105. The number of aromatic amines is 1. The largest absolute Gasteiger partial charge is 0.350 e. The number of aromatic nitrogens is 2. The van der Waals surface area contributed by atoms with Gasteiger partial charge in [-0.1, -0.05) is 32.0 Å². The van der Waals surface area contributed by atoms with Gasteiger partial charge < -0.3 is 5.32 Å². The summed E-state index contributed by atoms with van der Waals surface area (Å²) in [5.41, 5.74) is 0.448. The summed E-state index contributed by atoms with van der Waals surface area (Å²) >= 11 is 0. The van der Waals surface area contributed by atoms with E-state index < -0.39 is 0 Å². The summed E-state index contributed by atoms with van der Waals surface area (Å²) in [6.45, 7) is 3.97. The zero-order valence-electron chi connectivity index (χ0n) is 10.4. The third-order valence-electron chi connectivity index (χ3n) is 2.73. The van der Waals surface area contributed by atoms with Crippen LogP contribution in [0.5, 0.6) is 0 Å². The van der Waals surface area contributed by atoms with Crippen LogP contribution in [-0.4, -0.2) is 16.1 Å². The van der Waals surface area contributed by atoms with E-state index in [2.05, 4.69) is 15.5 Å². The topological polar surface area (TPSA) is 74.8 Å². The summed E-state index contributed by atoms with van der Waals surface area (Å²) in [5, 5.41) is 10.6. The fourth-order valence-electron chi connectivity index (χ4n) is 1.68. The molecule has 1 aromatic heterocycles. The smallest absolute Gasteiger partial charge is 0.272 e. The molecule has 0 aliphatic carbocycles. The molecule has 1 heterocycles. The number of benzene rings is 1. The first-order chi connectivity index (χ1) is 8.59. The normalized spacial score (nSPS) is 10.8. The molecule has 0 bridgehead atoms. The molecule has 0 spiro atoms. The zero-order valence-corrected chi connectivity index (χ0v) is 10.4. The number of H-pyrrole nitrogens is 1. The van der Waals surface area contributed by atoms with Gasteiger partial charge in [0.05, 0.1) is 17.6 Å². The molecule has 5 nitrogen and oxygen atoms in total. The van der Waals surface area contributed by atoms with E-state index in [1.165, 1.54) is 0 Å². The summed E-state index contributed by atoms with van der Waals surface area (Å²) in [4.78, 5) is 23.1. The molecule has 2 aromatic rings. The van der Waals surface area contributed by atoms with E-state index >= 15 is 0 Å². The van der Waals surface area contributed by atoms with E-state index in [0.717, 1.165) is 5.39 Å². The zero-order chi connectivity index (χ0) is 13.1. The van der Waals surface area contributed by atoms with Gasteiger partial charge in [-0.25, -0.2) is 5.10 Å². The molecule has 0 saturated heterocycles. The Labute approximate surface area is 104 Å². The molecule has 0 fully saturated rings. The van der Waals surface area contributed by atoms with Crippen LogP contribution >= 0.6 is 0 Å². The van der Waals surface area contributed by atoms with Crippen LogP contribution in [0.1, 0.15) is 19.5 Å². The molecule has 0 aliphatic heterocycles. The molecule has 2 N–H and O–H groups in total. The molecular formula is C13H15N3O2. The van der Waals surface area contributed by atoms with Crippen LogP contribution in [0.2, 0.25) is 0 Å². The second kappa shape index (κ2) is 5.00. The fraction of sp³-hybridized carbons (Fsp3) is 0.308. The number of carbonyl (C=O) groups is 1. The SMILES string of the molecule is CC(C)C(=O)NCc1n[nH]c(=O)c2ccccc12. The number of rotatable bonds is 3. The Morgan fingerprint density at radius 1 is 1.33 bits per heavy atom. The Bertz CT molecular complexity index is 631. The standard InChI is InChI=1S/C13H15N3O2/c1-8(2)12(17)14-7-11-9-5-3-4-6-10(9)13(18)16-15-11/h3-6,8H,7H2,1-2H3,(H,14,17)(H,16,18). The number of fused-ring (bicyclic) bond motifs is 1. The Kier molecular flexibility index (Phi) is 3.41. The van der Waals surface area contributed by atoms with Gasteiger partial charge in [-0.15, -0.1) is 0 Å². The first kappa shape index (κ1) is 12.3. The minimum absolute atomic E-state index is 0.0351. The number of amides is 1. The second-order valence-electron chi connectivity index (χ2n) is 4.42. The van der Waals surface area contributed by atoms with E-state index in [0.29, 0.717) is 17.6 Å². The third-order valence-corrected chi connectivity index (χ3v) is 2.73. The van der Waals surface area contributed by atoms with Gasteiger partial charge in [0, 0.05) is 11.3 Å². The lowest BCUT2D eigenvalue weighted by Crippen LogP contribution is -2.28. The lowest BCUT2D eigenvalue weighted by Gasteiger charge is -2.08. The highest BCUT2D eigenvalue weighted by Gasteiger charge is 2.09. The van der Waals surface area contributed by atoms with Crippen molar-refractivity contribution in [3.63, 3.8) is 0 Å². The van der Waals surface area contributed by atoms with Crippen LogP contribution in [0.3, 0.4) is 0 Å². The first-order valence-corrected chi connectivity index (χ1v) is 5.83. The second-order valence-corrected chi connectivity index (χ2v) is 4.42. The molecule has 2 rings (SSSR count). The molecule has 1 amide bonds. The molecule has 0 unspecified atom stereocenters. The van der Waals surface area contributed by atoms with Crippen molar-refractivity contribution in [3.05, 3.63) is 40.3 Å². The summed E-state index contributed by atoms with van der Waals surface area (Å²) in [7, 11) is 0. The van der Waals surface area contributed by atoms with Gasteiger partial charge in [0.25, 0.3) is 5.56 Å². The number of hydrogen-bond donors (Lipinski definition) is 2. The Hall–Kier alpha value is -2.17. The van der Waals surface area contributed by atoms with Crippen molar-refractivity contribution in [1.29, 1.82) is 0 Å². The molecule has 5 heteroatoms. The Balaban J connectivity index is 2.32. The van der Waals surface area contributed by atoms with Crippen molar-refractivity contribution in [2.75, 3.05) is 0 Å². The van der Waals surface area contributed by atoms with Crippen molar-refractivity contribution in [2.45, 2.75) is 20.4 Å². The number of nitrogens with zero attached hydrogens (tertiary/aromatic N) is 1. The van der Waals surface area contributed by atoms with Gasteiger partial charge in [-0.2, -0.15) is 5.10 Å². The molecule has 94 valence electrons. The monoisotopic (exact) mass is 245 g/mol. The minimum Gasteiger partial charge on any atom is -0.350 e. The van der Waals surface area contributed by atoms with Gasteiger partial charge in [-0.3, -0.25) is 9.59 Å². The molecule has 0 saturated carbocycles. The van der Waals surface area contributed by atoms with E-state index in [1.54, 1.807) is 12.1 Å². The molecule has 1 aromatic carbocycles. The number of hydrogen-bond acceptors (Lipinski definition) is 3. The minimum atomic E-state index is -0.218. The van der Waals surface area contributed by atoms with Gasteiger partial charge in [0.15, 0.2) is 0 Å². The van der Waals surface area contributed by atoms with Crippen LogP contribution in [0, 0.1) is 5.92 Å². The highest BCUT2D eigenvalue weighted by atomic mass is 16.1. The third kappa shape index (κ3) is 2.40. The maximum Gasteiger partial charge on any atom is 0.272 e. The van der Waals surface area contributed by atoms with Gasteiger partial charge >= 0.3 is 0 Å².